The molecule has 0 spiro atoms. The molecular formula is C13H13F3N4. The van der Waals surface area contributed by atoms with Crippen LogP contribution in [-0.2, 0) is 6.54 Å². The highest BCUT2D eigenvalue weighted by atomic mass is 19.1. The molecule has 2 aromatic rings. The molecule has 1 aliphatic rings. The minimum Gasteiger partial charge on any atom is -0.308 e. The lowest BCUT2D eigenvalue weighted by atomic mass is 10.1. The molecule has 1 aromatic heterocycles. The van der Waals surface area contributed by atoms with E-state index < -0.39 is 17.5 Å². The fraction of sp³-hybridized carbons (Fsp3) is 0.385. The van der Waals surface area contributed by atoms with Crippen molar-refractivity contribution in [3.8, 4) is 11.4 Å². The van der Waals surface area contributed by atoms with E-state index >= 15 is 0 Å². The second-order valence-electron chi connectivity index (χ2n) is 4.69. The molecule has 4 nitrogen and oxygen atoms in total. The molecule has 0 saturated heterocycles. The van der Waals surface area contributed by atoms with Crippen LogP contribution < -0.4 is 5.32 Å². The van der Waals surface area contributed by atoms with Gasteiger partial charge in [-0.3, -0.25) is 0 Å². The number of nitrogens with one attached hydrogen (secondary N) is 1. The van der Waals surface area contributed by atoms with Crippen LogP contribution in [0.1, 0.15) is 25.2 Å². The average molecular weight is 282 g/mol. The monoisotopic (exact) mass is 282 g/mol. The smallest absolute Gasteiger partial charge is 0.170 e. The number of nitrogens with zero attached hydrogens (tertiary/aromatic N) is 3. The Balaban J connectivity index is 2.15. The molecule has 0 saturated carbocycles. The van der Waals surface area contributed by atoms with Gasteiger partial charge < -0.3 is 9.88 Å². The lowest BCUT2D eigenvalue weighted by Gasteiger charge is -2.24. The Kier molecular flexibility index (Phi) is 3.21. The second-order valence-corrected chi connectivity index (χ2v) is 4.69. The van der Waals surface area contributed by atoms with E-state index in [0.717, 1.165) is 6.42 Å². The first-order valence-electron chi connectivity index (χ1n) is 6.43. The van der Waals surface area contributed by atoms with Crippen LogP contribution in [0.2, 0.25) is 0 Å². The summed E-state index contributed by atoms with van der Waals surface area (Å²) in [6.07, 6.45) is 0.798. The predicted octanol–water partition coefficient (Wildman–Crippen LogP) is 2.42. The molecule has 0 aliphatic carbocycles. The Morgan fingerprint density at radius 1 is 1.25 bits per heavy atom. The van der Waals surface area contributed by atoms with E-state index in [4.69, 9.17) is 0 Å². The Bertz CT molecular complexity index is 630. The standard InChI is InChI=1S/C13H13F3N4/c1-2-10-12-18-19-13(20(12)4-3-17-10)11-8(15)5-7(14)6-9(11)16/h5-6,10,17H,2-4H2,1H3. The lowest BCUT2D eigenvalue weighted by Crippen LogP contribution is -2.33. The molecule has 1 aliphatic heterocycles. The number of hydrogen-bond acceptors (Lipinski definition) is 3. The van der Waals surface area contributed by atoms with Gasteiger partial charge in [0.05, 0.1) is 11.6 Å². The third kappa shape index (κ3) is 1.98. The number of benzene rings is 1. The molecule has 0 radical (unpaired) electrons. The molecule has 20 heavy (non-hydrogen) atoms. The van der Waals surface area contributed by atoms with Crippen molar-refractivity contribution in [2.75, 3.05) is 6.54 Å². The summed E-state index contributed by atoms with van der Waals surface area (Å²) in [6.45, 7) is 3.17. The fourth-order valence-electron chi connectivity index (χ4n) is 2.50. The van der Waals surface area contributed by atoms with E-state index in [1.165, 1.54) is 0 Å². The van der Waals surface area contributed by atoms with Gasteiger partial charge in [-0.1, -0.05) is 6.92 Å². The quantitative estimate of drug-likeness (QED) is 0.920. The van der Waals surface area contributed by atoms with E-state index in [0.29, 0.717) is 31.0 Å². The maximum absolute atomic E-state index is 13.8. The van der Waals surface area contributed by atoms with Crippen LogP contribution in [0.4, 0.5) is 13.2 Å². The van der Waals surface area contributed by atoms with E-state index in [1.807, 2.05) is 6.92 Å². The molecule has 1 atom stereocenters. The van der Waals surface area contributed by atoms with Crippen molar-refractivity contribution in [2.45, 2.75) is 25.9 Å². The van der Waals surface area contributed by atoms with Crippen LogP contribution in [0.15, 0.2) is 12.1 Å². The topological polar surface area (TPSA) is 42.7 Å². The van der Waals surface area contributed by atoms with Crippen molar-refractivity contribution >= 4 is 0 Å². The SMILES string of the molecule is CCC1NCCn2c(-c3c(F)cc(F)cc3F)nnc21. The maximum atomic E-state index is 13.8. The third-order valence-corrected chi connectivity index (χ3v) is 3.46. The minimum atomic E-state index is -0.968. The van der Waals surface area contributed by atoms with E-state index in [1.54, 1.807) is 4.57 Å². The summed E-state index contributed by atoms with van der Waals surface area (Å²) in [5, 5.41) is 11.2. The van der Waals surface area contributed by atoms with Gasteiger partial charge in [-0.25, -0.2) is 13.2 Å². The highest BCUT2D eigenvalue weighted by Crippen LogP contribution is 2.29. The van der Waals surface area contributed by atoms with Gasteiger partial charge in [0, 0.05) is 25.2 Å². The van der Waals surface area contributed by atoms with Gasteiger partial charge in [0.25, 0.3) is 0 Å². The number of rotatable bonds is 2. The van der Waals surface area contributed by atoms with Gasteiger partial charge in [0.1, 0.15) is 17.5 Å². The minimum absolute atomic E-state index is 0.0107. The molecule has 1 unspecified atom stereocenters. The second kappa shape index (κ2) is 4.90. The van der Waals surface area contributed by atoms with Gasteiger partial charge >= 0.3 is 0 Å². The van der Waals surface area contributed by atoms with Crippen molar-refractivity contribution in [3.05, 3.63) is 35.4 Å². The summed E-state index contributed by atoms with van der Waals surface area (Å²) >= 11 is 0. The van der Waals surface area contributed by atoms with Crippen molar-refractivity contribution in [3.63, 3.8) is 0 Å². The van der Waals surface area contributed by atoms with Crippen LogP contribution in [0, 0.1) is 17.5 Å². The van der Waals surface area contributed by atoms with Gasteiger partial charge in [-0.2, -0.15) is 0 Å². The normalized spacial score (nSPS) is 18.1. The van der Waals surface area contributed by atoms with Gasteiger partial charge in [0.2, 0.25) is 0 Å². The largest absolute Gasteiger partial charge is 0.308 e. The zero-order valence-electron chi connectivity index (χ0n) is 10.8. The summed E-state index contributed by atoms with van der Waals surface area (Å²) in [5.41, 5.74) is -0.332. The highest BCUT2D eigenvalue weighted by molar-refractivity contribution is 5.57. The van der Waals surface area contributed by atoms with Crippen LogP contribution >= 0.6 is 0 Å². The predicted molar refractivity (Wildman–Crippen MR) is 66.4 cm³/mol. The van der Waals surface area contributed by atoms with Crippen molar-refractivity contribution in [1.82, 2.24) is 20.1 Å². The van der Waals surface area contributed by atoms with Gasteiger partial charge in [0.15, 0.2) is 11.6 Å². The number of hydrogen-bond donors (Lipinski definition) is 1. The lowest BCUT2D eigenvalue weighted by molar-refractivity contribution is 0.406. The molecule has 7 heteroatoms. The fourth-order valence-corrected chi connectivity index (χ4v) is 2.50. The van der Waals surface area contributed by atoms with Crippen LogP contribution in [-0.4, -0.2) is 21.3 Å². The Hall–Kier alpha value is -1.89. The molecule has 0 bridgehead atoms. The summed E-state index contributed by atoms with van der Waals surface area (Å²) in [6, 6.07) is 1.31. The molecule has 3 rings (SSSR count). The van der Waals surface area contributed by atoms with Crippen LogP contribution in [0.3, 0.4) is 0 Å². The van der Waals surface area contributed by atoms with Gasteiger partial charge in [-0.05, 0) is 6.42 Å². The summed E-state index contributed by atoms with van der Waals surface area (Å²) in [4.78, 5) is 0. The Labute approximate surface area is 113 Å². The molecule has 0 amide bonds. The number of halogens is 3. The van der Waals surface area contributed by atoms with Crippen LogP contribution in [0.25, 0.3) is 11.4 Å². The van der Waals surface area contributed by atoms with E-state index in [-0.39, 0.29) is 17.4 Å². The zero-order chi connectivity index (χ0) is 14.3. The zero-order valence-corrected chi connectivity index (χ0v) is 10.8. The number of fused-ring (bicyclic) bond motifs is 1. The summed E-state index contributed by atoms with van der Waals surface area (Å²) < 4.78 is 42.4. The molecule has 1 N–H and O–H groups in total. The molecule has 2 heterocycles. The summed E-state index contributed by atoms with van der Waals surface area (Å²) in [7, 11) is 0. The number of aromatic nitrogens is 3. The summed E-state index contributed by atoms with van der Waals surface area (Å²) in [5.74, 6) is -2.13. The third-order valence-electron chi connectivity index (χ3n) is 3.46. The van der Waals surface area contributed by atoms with Crippen molar-refractivity contribution in [1.29, 1.82) is 0 Å². The Morgan fingerprint density at radius 3 is 2.60 bits per heavy atom. The average Bonchev–Trinajstić information content (AvgIpc) is 2.81. The molecule has 106 valence electrons. The first-order valence-corrected chi connectivity index (χ1v) is 6.43. The molecular weight excluding hydrogens is 269 g/mol. The molecule has 0 fully saturated rings. The first-order chi connectivity index (χ1) is 9.61. The van der Waals surface area contributed by atoms with Gasteiger partial charge in [-0.15, -0.1) is 10.2 Å². The Morgan fingerprint density at radius 2 is 1.95 bits per heavy atom. The van der Waals surface area contributed by atoms with Crippen LogP contribution in [0.5, 0.6) is 0 Å². The van der Waals surface area contributed by atoms with Crippen molar-refractivity contribution in [2.24, 2.45) is 0 Å². The highest BCUT2D eigenvalue weighted by Gasteiger charge is 2.27. The molecule has 1 aromatic carbocycles. The maximum Gasteiger partial charge on any atom is 0.170 e. The first kappa shape index (κ1) is 13.1. The van der Waals surface area contributed by atoms with E-state index in [2.05, 4.69) is 15.5 Å². The van der Waals surface area contributed by atoms with Crippen molar-refractivity contribution < 1.29 is 13.2 Å². The van der Waals surface area contributed by atoms with E-state index in [9.17, 15) is 13.2 Å².